The van der Waals surface area contributed by atoms with Crippen molar-refractivity contribution in [2.45, 2.75) is 32.4 Å². The van der Waals surface area contributed by atoms with Gasteiger partial charge in [0.05, 0.1) is 23.3 Å². The van der Waals surface area contributed by atoms with Crippen LogP contribution in [0.5, 0.6) is 0 Å². The maximum atomic E-state index is 13.0. The van der Waals surface area contributed by atoms with Gasteiger partial charge in [0.15, 0.2) is 5.82 Å². The first-order valence-electron chi connectivity index (χ1n) is 6.49. The zero-order valence-electron chi connectivity index (χ0n) is 12.1. The van der Waals surface area contributed by atoms with E-state index >= 15 is 0 Å². The molecule has 1 atom stereocenters. The third-order valence-corrected chi connectivity index (χ3v) is 3.13. The minimum Gasteiger partial charge on any atom is -0.376 e. The van der Waals surface area contributed by atoms with Gasteiger partial charge < -0.3 is 15.0 Å². The van der Waals surface area contributed by atoms with Gasteiger partial charge in [0.2, 0.25) is 0 Å². The molecule has 0 bridgehead atoms. The van der Waals surface area contributed by atoms with Crippen LogP contribution in [0.15, 0.2) is 22.7 Å². The molecule has 7 heteroatoms. The second-order valence-corrected chi connectivity index (χ2v) is 5.73. The molecule has 1 unspecified atom stereocenters. The highest BCUT2D eigenvalue weighted by molar-refractivity contribution is 6.33. The van der Waals surface area contributed by atoms with Gasteiger partial charge in [-0.05, 0) is 39.0 Å². The van der Waals surface area contributed by atoms with Crippen LogP contribution >= 0.6 is 11.6 Å². The van der Waals surface area contributed by atoms with Gasteiger partial charge in [0.1, 0.15) is 11.4 Å². The van der Waals surface area contributed by atoms with Gasteiger partial charge in [0, 0.05) is 0 Å². The maximum absolute atomic E-state index is 13.0. The molecule has 114 valence electrons. The SMILES string of the molecule is CC(C)OCC(C)(N)c1noc(-c2ccc(F)cc2Cl)n1. The molecule has 0 saturated carbocycles. The summed E-state index contributed by atoms with van der Waals surface area (Å²) in [6, 6.07) is 3.94. The molecule has 2 aromatic rings. The molecule has 0 amide bonds. The Kier molecular flexibility index (Phi) is 4.61. The Balaban J connectivity index is 2.25. The fourth-order valence-electron chi connectivity index (χ4n) is 1.63. The van der Waals surface area contributed by atoms with Crippen LogP contribution in [0.2, 0.25) is 5.02 Å². The molecule has 2 rings (SSSR count). The standard InChI is InChI=1S/C14H17ClFN3O2/c1-8(2)20-7-14(3,17)13-18-12(21-19-13)10-5-4-9(16)6-11(10)15/h4-6,8H,7,17H2,1-3H3. The van der Waals surface area contributed by atoms with Crippen molar-refractivity contribution in [1.82, 2.24) is 10.1 Å². The zero-order chi connectivity index (χ0) is 15.6. The quantitative estimate of drug-likeness (QED) is 0.918. The summed E-state index contributed by atoms with van der Waals surface area (Å²) in [5.41, 5.74) is 5.70. The average Bonchev–Trinajstić information content (AvgIpc) is 2.86. The molecule has 0 spiro atoms. The van der Waals surface area contributed by atoms with E-state index in [-0.39, 0.29) is 23.6 Å². The molecule has 0 fully saturated rings. The summed E-state index contributed by atoms with van der Waals surface area (Å²) < 4.78 is 23.7. The van der Waals surface area contributed by atoms with Crippen LogP contribution in [0.1, 0.15) is 26.6 Å². The maximum Gasteiger partial charge on any atom is 0.259 e. The number of aromatic nitrogens is 2. The van der Waals surface area contributed by atoms with Crippen molar-refractivity contribution in [3.8, 4) is 11.5 Å². The molecule has 2 N–H and O–H groups in total. The Morgan fingerprint density at radius 2 is 2.19 bits per heavy atom. The monoisotopic (exact) mass is 313 g/mol. The zero-order valence-corrected chi connectivity index (χ0v) is 12.8. The second-order valence-electron chi connectivity index (χ2n) is 5.32. The predicted octanol–water partition coefficient (Wildman–Crippen LogP) is 3.13. The third-order valence-electron chi connectivity index (χ3n) is 2.81. The van der Waals surface area contributed by atoms with E-state index in [1.807, 2.05) is 13.8 Å². The van der Waals surface area contributed by atoms with Gasteiger partial charge in [-0.25, -0.2) is 4.39 Å². The Morgan fingerprint density at radius 3 is 2.81 bits per heavy atom. The fourth-order valence-corrected chi connectivity index (χ4v) is 1.88. The van der Waals surface area contributed by atoms with Crippen LogP contribution in [0.4, 0.5) is 4.39 Å². The lowest BCUT2D eigenvalue weighted by atomic mass is 10.1. The number of hydrogen-bond donors (Lipinski definition) is 1. The molecule has 0 aliphatic rings. The van der Waals surface area contributed by atoms with Crippen LogP contribution in [-0.2, 0) is 10.3 Å². The number of ether oxygens (including phenoxy) is 1. The first-order chi connectivity index (χ1) is 9.79. The highest BCUT2D eigenvalue weighted by Crippen LogP contribution is 2.28. The van der Waals surface area contributed by atoms with E-state index in [2.05, 4.69) is 10.1 Å². The second kappa shape index (κ2) is 6.09. The van der Waals surface area contributed by atoms with Crippen LogP contribution in [0.25, 0.3) is 11.5 Å². The number of hydrogen-bond acceptors (Lipinski definition) is 5. The summed E-state index contributed by atoms with van der Waals surface area (Å²) in [6.45, 7) is 5.82. The van der Waals surface area contributed by atoms with Gasteiger partial charge in [-0.2, -0.15) is 4.98 Å². The van der Waals surface area contributed by atoms with Crippen molar-refractivity contribution < 1.29 is 13.7 Å². The van der Waals surface area contributed by atoms with Gasteiger partial charge in [0.25, 0.3) is 5.89 Å². The molecule has 0 radical (unpaired) electrons. The molecule has 1 heterocycles. The molecule has 1 aromatic carbocycles. The fraction of sp³-hybridized carbons (Fsp3) is 0.429. The largest absolute Gasteiger partial charge is 0.376 e. The lowest BCUT2D eigenvalue weighted by molar-refractivity contribution is 0.0410. The van der Waals surface area contributed by atoms with Gasteiger partial charge >= 0.3 is 0 Å². The number of halogens is 2. The van der Waals surface area contributed by atoms with Crippen molar-refractivity contribution >= 4 is 11.6 Å². The summed E-state index contributed by atoms with van der Waals surface area (Å²) >= 11 is 5.97. The van der Waals surface area contributed by atoms with E-state index in [0.717, 1.165) is 0 Å². The minimum absolute atomic E-state index is 0.0470. The summed E-state index contributed by atoms with van der Waals surface area (Å²) in [7, 11) is 0. The molecule has 21 heavy (non-hydrogen) atoms. The Morgan fingerprint density at radius 1 is 1.48 bits per heavy atom. The van der Waals surface area contributed by atoms with Crippen LogP contribution in [0, 0.1) is 5.82 Å². The number of nitrogens with two attached hydrogens (primary N) is 1. The molecular formula is C14H17ClFN3O2. The van der Waals surface area contributed by atoms with Crippen LogP contribution in [0.3, 0.4) is 0 Å². The Hall–Kier alpha value is -1.50. The Labute approximate surface area is 127 Å². The van der Waals surface area contributed by atoms with Crippen molar-refractivity contribution in [3.63, 3.8) is 0 Å². The van der Waals surface area contributed by atoms with E-state index in [4.69, 9.17) is 26.6 Å². The average molecular weight is 314 g/mol. The van der Waals surface area contributed by atoms with Crippen molar-refractivity contribution in [3.05, 3.63) is 34.9 Å². The highest BCUT2D eigenvalue weighted by atomic mass is 35.5. The summed E-state index contributed by atoms with van der Waals surface area (Å²) in [5, 5.41) is 4.06. The smallest absolute Gasteiger partial charge is 0.259 e. The molecule has 0 saturated heterocycles. The topological polar surface area (TPSA) is 74.2 Å². The molecule has 0 aliphatic carbocycles. The molecular weight excluding hydrogens is 297 g/mol. The van der Waals surface area contributed by atoms with Crippen LogP contribution in [-0.4, -0.2) is 22.9 Å². The number of benzene rings is 1. The molecule has 0 aliphatic heterocycles. The van der Waals surface area contributed by atoms with E-state index in [1.54, 1.807) is 6.92 Å². The Bertz CT molecular complexity index is 628. The summed E-state index contributed by atoms with van der Waals surface area (Å²) in [4.78, 5) is 4.23. The first-order valence-corrected chi connectivity index (χ1v) is 6.87. The third kappa shape index (κ3) is 3.78. The summed E-state index contributed by atoms with van der Waals surface area (Å²) in [6.07, 6.45) is 0.0470. The number of nitrogens with zero attached hydrogens (tertiary/aromatic N) is 2. The van der Waals surface area contributed by atoms with Crippen molar-refractivity contribution in [1.29, 1.82) is 0 Å². The summed E-state index contributed by atoms with van der Waals surface area (Å²) in [5.74, 6) is 0.0623. The normalized spacial score (nSPS) is 14.4. The van der Waals surface area contributed by atoms with Crippen LogP contribution < -0.4 is 5.73 Å². The van der Waals surface area contributed by atoms with Gasteiger partial charge in [-0.1, -0.05) is 16.8 Å². The first kappa shape index (κ1) is 15.9. The van der Waals surface area contributed by atoms with Crippen molar-refractivity contribution in [2.75, 3.05) is 6.61 Å². The van der Waals surface area contributed by atoms with Gasteiger partial charge in [-0.15, -0.1) is 0 Å². The number of rotatable bonds is 5. The lowest BCUT2D eigenvalue weighted by Crippen LogP contribution is -2.40. The van der Waals surface area contributed by atoms with Gasteiger partial charge in [-0.3, -0.25) is 0 Å². The predicted molar refractivity (Wildman–Crippen MR) is 77.3 cm³/mol. The van der Waals surface area contributed by atoms with Crippen molar-refractivity contribution in [2.24, 2.45) is 5.73 Å². The minimum atomic E-state index is -0.890. The van der Waals surface area contributed by atoms with E-state index in [9.17, 15) is 4.39 Å². The lowest BCUT2D eigenvalue weighted by Gasteiger charge is -2.21. The highest BCUT2D eigenvalue weighted by Gasteiger charge is 2.29. The van der Waals surface area contributed by atoms with E-state index < -0.39 is 11.4 Å². The van der Waals surface area contributed by atoms with E-state index in [0.29, 0.717) is 11.4 Å². The molecule has 1 aromatic heterocycles. The molecule has 5 nitrogen and oxygen atoms in total. The van der Waals surface area contributed by atoms with E-state index in [1.165, 1.54) is 18.2 Å².